The van der Waals surface area contributed by atoms with E-state index in [9.17, 15) is 0 Å². The van der Waals surface area contributed by atoms with Crippen molar-refractivity contribution in [3.8, 4) is 0 Å². The molecule has 0 radical (unpaired) electrons. The van der Waals surface area contributed by atoms with Crippen LogP contribution in [0.25, 0.3) is 0 Å². The van der Waals surface area contributed by atoms with Crippen LogP contribution in [-0.2, 0) is 13.1 Å². The molecule has 1 aromatic rings. The van der Waals surface area contributed by atoms with Gasteiger partial charge in [-0.3, -0.25) is 0 Å². The predicted molar refractivity (Wildman–Crippen MR) is 73.0 cm³/mol. The van der Waals surface area contributed by atoms with Crippen LogP contribution in [-0.4, -0.2) is 16.1 Å². The third kappa shape index (κ3) is 4.73. The molecule has 0 spiro atoms. The Labute approximate surface area is 105 Å². The lowest BCUT2D eigenvalue weighted by Gasteiger charge is -2.10. The van der Waals surface area contributed by atoms with Crippen molar-refractivity contribution in [2.45, 2.75) is 52.6 Å². The highest BCUT2D eigenvalue weighted by molar-refractivity contribution is 5.04. The minimum absolute atomic E-state index is 0.921. The highest BCUT2D eigenvalue weighted by Crippen LogP contribution is 2.09. The highest BCUT2D eigenvalue weighted by Gasteiger charge is 2.05. The van der Waals surface area contributed by atoms with Crippen LogP contribution in [0.5, 0.6) is 0 Å². The van der Waals surface area contributed by atoms with Gasteiger partial charge in [-0.05, 0) is 32.7 Å². The van der Waals surface area contributed by atoms with E-state index in [1.807, 2.05) is 12.3 Å². The fourth-order valence-corrected chi connectivity index (χ4v) is 1.95. The number of aryl methyl sites for hydroxylation is 1. The summed E-state index contributed by atoms with van der Waals surface area (Å²) in [5, 5.41) is 3.35. The van der Waals surface area contributed by atoms with E-state index >= 15 is 0 Å². The molecule has 0 saturated carbocycles. The molecule has 3 nitrogen and oxygen atoms in total. The summed E-state index contributed by atoms with van der Waals surface area (Å²) in [5.41, 5.74) is 1.30. The molecule has 0 atom stereocenters. The Morgan fingerprint density at radius 3 is 2.94 bits per heavy atom. The molecule has 3 heteroatoms. The van der Waals surface area contributed by atoms with Crippen molar-refractivity contribution in [3.05, 3.63) is 30.4 Å². The minimum Gasteiger partial charge on any atom is -0.331 e. The van der Waals surface area contributed by atoms with Crippen LogP contribution in [0.3, 0.4) is 0 Å². The molecule has 96 valence electrons. The van der Waals surface area contributed by atoms with Crippen LogP contribution in [0, 0.1) is 6.92 Å². The first kappa shape index (κ1) is 14.0. The summed E-state index contributed by atoms with van der Waals surface area (Å²) in [6, 6.07) is 0. The third-order valence-electron chi connectivity index (χ3n) is 2.98. The summed E-state index contributed by atoms with van der Waals surface area (Å²) < 4.78 is 2.33. The number of aromatic nitrogens is 2. The molecule has 0 amide bonds. The van der Waals surface area contributed by atoms with Crippen molar-refractivity contribution in [2.75, 3.05) is 6.54 Å². The Bertz CT molecular complexity index is 328. The van der Waals surface area contributed by atoms with Crippen LogP contribution in [0.4, 0.5) is 0 Å². The van der Waals surface area contributed by atoms with Crippen LogP contribution in [0.1, 0.15) is 44.1 Å². The second-order valence-electron chi connectivity index (χ2n) is 4.37. The summed E-state index contributed by atoms with van der Waals surface area (Å²) in [7, 11) is 0. The first-order valence-corrected chi connectivity index (χ1v) is 6.62. The molecule has 0 aromatic carbocycles. The topological polar surface area (TPSA) is 29.9 Å². The van der Waals surface area contributed by atoms with Gasteiger partial charge in [-0.2, -0.15) is 0 Å². The van der Waals surface area contributed by atoms with Crippen molar-refractivity contribution in [1.82, 2.24) is 14.9 Å². The van der Waals surface area contributed by atoms with Crippen molar-refractivity contribution in [3.63, 3.8) is 0 Å². The number of nitrogens with one attached hydrogen (secondary N) is 1. The van der Waals surface area contributed by atoms with Gasteiger partial charge in [0, 0.05) is 19.3 Å². The number of imidazole rings is 1. The smallest absolute Gasteiger partial charge is 0.105 e. The number of allylic oxidation sites excluding steroid dienone is 1. The van der Waals surface area contributed by atoms with Gasteiger partial charge < -0.3 is 9.88 Å². The predicted octanol–water partition coefficient (Wildman–Crippen LogP) is 3.05. The van der Waals surface area contributed by atoms with Gasteiger partial charge in [0.25, 0.3) is 0 Å². The van der Waals surface area contributed by atoms with Gasteiger partial charge in [-0.15, -0.1) is 6.58 Å². The quantitative estimate of drug-likeness (QED) is 0.526. The number of hydrogen-bond acceptors (Lipinski definition) is 2. The van der Waals surface area contributed by atoms with Crippen LogP contribution in [0.15, 0.2) is 18.9 Å². The average Bonchev–Trinajstić information content (AvgIpc) is 2.68. The Morgan fingerprint density at radius 1 is 1.41 bits per heavy atom. The molecule has 0 unspecified atom stereocenters. The van der Waals surface area contributed by atoms with Gasteiger partial charge >= 0.3 is 0 Å². The van der Waals surface area contributed by atoms with Crippen molar-refractivity contribution < 1.29 is 0 Å². The monoisotopic (exact) mass is 235 g/mol. The summed E-state index contributed by atoms with van der Waals surface area (Å²) in [6.07, 6.45) is 8.86. The van der Waals surface area contributed by atoms with E-state index in [0.29, 0.717) is 0 Å². The molecular formula is C14H25N3. The lowest BCUT2D eigenvalue weighted by molar-refractivity contribution is 0.552. The van der Waals surface area contributed by atoms with E-state index in [-0.39, 0.29) is 0 Å². The third-order valence-corrected chi connectivity index (χ3v) is 2.98. The van der Waals surface area contributed by atoms with Crippen molar-refractivity contribution >= 4 is 0 Å². The molecule has 1 heterocycles. The molecule has 1 N–H and O–H groups in total. The largest absolute Gasteiger partial charge is 0.331 e. The lowest BCUT2D eigenvalue weighted by Crippen LogP contribution is -2.16. The number of nitrogens with zero attached hydrogens (tertiary/aromatic N) is 2. The minimum atomic E-state index is 0.921. The maximum atomic E-state index is 4.39. The Morgan fingerprint density at radius 2 is 2.24 bits per heavy atom. The highest BCUT2D eigenvalue weighted by atomic mass is 15.1. The molecule has 0 aliphatic carbocycles. The van der Waals surface area contributed by atoms with Gasteiger partial charge in [0.1, 0.15) is 5.82 Å². The molecule has 0 saturated heterocycles. The SMILES string of the molecule is C=CCCCCCn1c(CNCC)cnc1C. The normalized spacial score (nSPS) is 10.7. The number of unbranched alkanes of at least 4 members (excludes halogenated alkanes) is 3. The van der Waals surface area contributed by atoms with Gasteiger partial charge in [0.05, 0.1) is 5.69 Å². The fraction of sp³-hybridized carbons (Fsp3) is 0.643. The zero-order chi connectivity index (χ0) is 12.5. The van der Waals surface area contributed by atoms with Crippen LogP contribution in [0.2, 0.25) is 0 Å². The van der Waals surface area contributed by atoms with E-state index in [1.165, 1.54) is 25.0 Å². The lowest BCUT2D eigenvalue weighted by atomic mass is 10.2. The van der Waals surface area contributed by atoms with E-state index in [2.05, 4.69) is 35.3 Å². The number of hydrogen-bond donors (Lipinski definition) is 1. The Kier molecular flexibility index (Phi) is 6.63. The molecule has 17 heavy (non-hydrogen) atoms. The van der Waals surface area contributed by atoms with Gasteiger partial charge in [-0.1, -0.05) is 19.4 Å². The standard InChI is InChI=1S/C14H25N3/c1-4-6-7-8-9-10-17-13(3)16-12-14(17)11-15-5-2/h4,12,15H,1,5-11H2,2-3H3. The second kappa shape index (κ2) is 8.07. The maximum Gasteiger partial charge on any atom is 0.105 e. The van der Waals surface area contributed by atoms with E-state index in [4.69, 9.17) is 0 Å². The summed E-state index contributed by atoms with van der Waals surface area (Å²) in [4.78, 5) is 4.39. The summed E-state index contributed by atoms with van der Waals surface area (Å²) in [6.45, 7) is 11.0. The van der Waals surface area contributed by atoms with Gasteiger partial charge in [0.2, 0.25) is 0 Å². The zero-order valence-corrected chi connectivity index (χ0v) is 11.2. The Balaban J connectivity index is 2.39. The average molecular weight is 235 g/mol. The van der Waals surface area contributed by atoms with Gasteiger partial charge in [-0.25, -0.2) is 4.98 Å². The van der Waals surface area contributed by atoms with E-state index < -0.39 is 0 Å². The molecule has 1 aromatic heterocycles. The molecule has 0 aliphatic rings. The van der Waals surface area contributed by atoms with Crippen LogP contribution >= 0.6 is 0 Å². The van der Waals surface area contributed by atoms with Crippen LogP contribution < -0.4 is 5.32 Å². The molecule has 0 aliphatic heterocycles. The van der Waals surface area contributed by atoms with E-state index in [1.54, 1.807) is 0 Å². The first-order valence-electron chi connectivity index (χ1n) is 6.62. The summed E-state index contributed by atoms with van der Waals surface area (Å²) >= 11 is 0. The molecule has 0 fully saturated rings. The van der Waals surface area contributed by atoms with Gasteiger partial charge in [0.15, 0.2) is 0 Å². The van der Waals surface area contributed by atoms with Crippen molar-refractivity contribution in [2.24, 2.45) is 0 Å². The first-order chi connectivity index (χ1) is 8.29. The maximum absolute atomic E-state index is 4.39. The zero-order valence-electron chi connectivity index (χ0n) is 11.2. The molecule has 0 bridgehead atoms. The molecule has 1 rings (SSSR count). The Hall–Kier alpha value is -1.09. The fourth-order valence-electron chi connectivity index (χ4n) is 1.95. The molecular weight excluding hydrogens is 210 g/mol. The van der Waals surface area contributed by atoms with Crippen molar-refractivity contribution in [1.29, 1.82) is 0 Å². The number of rotatable bonds is 9. The van der Waals surface area contributed by atoms with E-state index in [0.717, 1.165) is 31.9 Å². The second-order valence-corrected chi connectivity index (χ2v) is 4.37. The summed E-state index contributed by atoms with van der Waals surface area (Å²) in [5.74, 6) is 1.13.